The average molecular weight is 490 g/mol. The minimum atomic E-state index is -0.583. The lowest BCUT2D eigenvalue weighted by molar-refractivity contribution is 0.0279. The van der Waals surface area contributed by atoms with Crippen LogP contribution in [0.3, 0.4) is 0 Å². The Bertz CT molecular complexity index is 1000. The number of ether oxygens (including phenoxy) is 2. The van der Waals surface area contributed by atoms with Crippen molar-refractivity contribution in [1.82, 2.24) is 9.80 Å². The van der Waals surface area contributed by atoms with Gasteiger partial charge in [0, 0.05) is 50.2 Å². The van der Waals surface area contributed by atoms with Crippen LogP contribution < -0.4 is 9.80 Å². The van der Waals surface area contributed by atoms with E-state index in [-0.39, 0.29) is 25.2 Å². The molecule has 12 heteroatoms. The summed E-state index contributed by atoms with van der Waals surface area (Å²) in [4.78, 5) is 34.6. The number of amides is 2. The maximum atomic E-state index is 15.0. The number of carbonyl (C=O) groups is 2. The molecule has 0 unspecified atom stereocenters. The number of halogens is 1. The zero-order chi connectivity index (χ0) is 25.2. The summed E-state index contributed by atoms with van der Waals surface area (Å²) in [5.74, 6) is -0.404. The van der Waals surface area contributed by atoms with Crippen molar-refractivity contribution >= 4 is 23.6 Å². The van der Waals surface area contributed by atoms with Crippen molar-refractivity contribution in [1.29, 1.82) is 0 Å². The van der Waals surface area contributed by atoms with Crippen LogP contribution in [0, 0.1) is 5.82 Å². The minimum Gasteiger partial charge on any atom is -0.444 e. The van der Waals surface area contributed by atoms with Crippen LogP contribution in [0.2, 0.25) is 0 Å². The van der Waals surface area contributed by atoms with Gasteiger partial charge in [0.05, 0.1) is 24.5 Å². The Labute approximate surface area is 204 Å². The van der Waals surface area contributed by atoms with Crippen molar-refractivity contribution in [2.45, 2.75) is 44.9 Å². The monoisotopic (exact) mass is 489 g/mol. The largest absolute Gasteiger partial charge is 0.444 e. The zero-order valence-corrected chi connectivity index (χ0v) is 20.4. The van der Waals surface area contributed by atoms with Gasteiger partial charge in [-0.1, -0.05) is 5.11 Å². The molecule has 3 heterocycles. The number of benzene rings is 1. The number of hydrogen-bond donors (Lipinski definition) is 0. The summed E-state index contributed by atoms with van der Waals surface area (Å²) in [6, 6.07) is 5.01. The molecule has 3 aliphatic rings. The van der Waals surface area contributed by atoms with Gasteiger partial charge in [0.15, 0.2) is 0 Å². The van der Waals surface area contributed by atoms with Crippen LogP contribution in [-0.4, -0.2) is 92.1 Å². The maximum absolute atomic E-state index is 15.0. The van der Waals surface area contributed by atoms with E-state index in [9.17, 15) is 9.59 Å². The van der Waals surface area contributed by atoms with Crippen molar-refractivity contribution in [3.05, 3.63) is 34.5 Å². The van der Waals surface area contributed by atoms with Crippen molar-refractivity contribution in [3.63, 3.8) is 0 Å². The topological polar surface area (TPSA) is 114 Å². The first-order valence-corrected chi connectivity index (χ1v) is 11.9. The molecule has 0 radical (unpaired) electrons. The summed E-state index contributed by atoms with van der Waals surface area (Å²) in [5, 5.41) is 3.44. The normalized spacial score (nSPS) is 23.3. The lowest BCUT2D eigenvalue weighted by Crippen LogP contribution is -2.51. The number of piperazine rings is 1. The third-order valence-electron chi connectivity index (χ3n) is 6.45. The van der Waals surface area contributed by atoms with Crippen LogP contribution in [0.5, 0.6) is 0 Å². The van der Waals surface area contributed by atoms with E-state index in [4.69, 9.17) is 15.0 Å². The standard InChI is InChI=1S/C23H32FN7O4/c1-23(2,3)35-21(32)30-7-6-17(14-30)28-8-10-29(11-9-28)20-5-4-16(12-19(20)24)31-15-18(13-26-27-25)34-22(31)33/h4-5,12,17-18H,6-11,13-15H2,1-3H3/t17-,18+/m1/s1. The molecule has 35 heavy (non-hydrogen) atoms. The molecular weight excluding hydrogens is 457 g/mol. The molecule has 2 amide bonds. The van der Waals surface area contributed by atoms with Crippen molar-refractivity contribution < 1.29 is 23.5 Å². The first-order chi connectivity index (χ1) is 16.6. The van der Waals surface area contributed by atoms with Gasteiger partial charge in [-0.05, 0) is 50.9 Å². The molecule has 0 aromatic heterocycles. The molecule has 3 aliphatic heterocycles. The number of rotatable bonds is 5. The van der Waals surface area contributed by atoms with Gasteiger partial charge in [-0.15, -0.1) is 0 Å². The third kappa shape index (κ3) is 5.88. The third-order valence-corrected chi connectivity index (χ3v) is 6.45. The highest BCUT2D eigenvalue weighted by atomic mass is 19.1. The highest BCUT2D eigenvalue weighted by Gasteiger charge is 2.35. The molecule has 0 saturated carbocycles. The van der Waals surface area contributed by atoms with E-state index in [2.05, 4.69) is 14.9 Å². The first kappa shape index (κ1) is 24.9. The predicted octanol–water partition coefficient (Wildman–Crippen LogP) is 3.59. The maximum Gasteiger partial charge on any atom is 0.414 e. The van der Waals surface area contributed by atoms with Gasteiger partial charge in [0.2, 0.25) is 0 Å². The molecule has 4 rings (SSSR count). The van der Waals surface area contributed by atoms with Gasteiger partial charge in [-0.3, -0.25) is 9.80 Å². The Morgan fingerprint density at radius 1 is 1.23 bits per heavy atom. The molecule has 190 valence electrons. The molecular formula is C23H32FN7O4. The number of anilines is 2. The number of nitrogens with zero attached hydrogens (tertiary/aromatic N) is 7. The highest BCUT2D eigenvalue weighted by Crippen LogP contribution is 2.29. The number of likely N-dealkylation sites (tertiary alicyclic amines) is 1. The van der Waals surface area contributed by atoms with Crippen LogP contribution >= 0.6 is 0 Å². The molecule has 1 aromatic carbocycles. The van der Waals surface area contributed by atoms with Gasteiger partial charge in [0.25, 0.3) is 0 Å². The van der Waals surface area contributed by atoms with Crippen molar-refractivity contribution in [2.24, 2.45) is 5.11 Å². The number of cyclic esters (lactones) is 1. The highest BCUT2D eigenvalue weighted by molar-refractivity contribution is 5.90. The fraction of sp³-hybridized carbons (Fsp3) is 0.652. The molecule has 3 saturated heterocycles. The number of carbonyl (C=O) groups excluding carboxylic acids is 2. The second-order valence-corrected chi connectivity index (χ2v) is 10.1. The van der Waals surface area contributed by atoms with Gasteiger partial charge in [0.1, 0.15) is 17.5 Å². The van der Waals surface area contributed by atoms with Crippen molar-refractivity contribution in [3.8, 4) is 0 Å². The van der Waals surface area contributed by atoms with Crippen LogP contribution in [0.1, 0.15) is 27.2 Å². The van der Waals surface area contributed by atoms with Gasteiger partial charge >= 0.3 is 12.2 Å². The SMILES string of the molecule is CC(C)(C)OC(=O)N1CC[C@@H](N2CCN(c3ccc(N4C[C@H](CN=[N+]=[N-])OC4=O)cc3F)CC2)C1. The van der Waals surface area contributed by atoms with Crippen molar-refractivity contribution in [2.75, 3.05) is 62.2 Å². The van der Waals surface area contributed by atoms with E-state index in [1.165, 1.54) is 11.0 Å². The average Bonchev–Trinajstić information content (AvgIpc) is 3.44. The molecule has 0 bridgehead atoms. The summed E-state index contributed by atoms with van der Waals surface area (Å²) in [6.45, 7) is 10.0. The van der Waals surface area contributed by atoms with E-state index in [1.54, 1.807) is 17.0 Å². The van der Waals surface area contributed by atoms with Gasteiger partial charge in [-0.25, -0.2) is 14.0 Å². The lowest BCUT2D eigenvalue weighted by atomic mass is 10.1. The molecule has 0 aliphatic carbocycles. The quantitative estimate of drug-likeness (QED) is 0.355. The predicted molar refractivity (Wildman–Crippen MR) is 128 cm³/mol. The van der Waals surface area contributed by atoms with Crippen LogP contribution in [0.4, 0.5) is 25.4 Å². The Morgan fingerprint density at radius 2 is 1.97 bits per heavy atom. The molecule has 3 fully saturated rings. The second kappa shape index (κ2) is 10.2. The van der Waals surface area contributed by atoms with E-state index >= 15 is 4.39 Å². The van der Waals surface area contributed by atoms with E-state index in [0.29, 0.717) is 37.6 Å². The van der Waals surface area contributed by atoms with E-state index < -0.39 is 23.6 Å². The van der Waals surface area contributed by atoms with Crippen LogP contribution in [0.15, 0.2) is 23.3 Å². The van der Waals surface area contributed by atoms with E-state index in [1.807, 2.05) is 25.7 Å². The fourth-order valence-corrected chi connectivity index (χ4v) is 4.74. The molecule has 0 spiro atoms. The number of azide groups is 1. The van der Waals surface area contributed by atoms with Gasteiger partial charge in [-0.2, -0.15) is 0 Å². The van der Waals surface area contributed by atoms with Crippen LogP contribution in [-0.2, 0) is 9.47 Å². The summed E-state index contributed by atoms with van der Waals surface area (Å²) < 4.78 is 25.7. The summed E-state index contributed by atoms with van der Waals surface area (Å²) in [7, 11) is 0. The molecule has 2 atom stereocenters. The fourth-order valence-electron chi connectivity index (χ4n) is 4.74. The Morgan fingerprint density at radius 3 is 2.63 bits per heavy atom. The van der Waals surface area contributed by atoms with Crippen LogP contribution in [0.25, 0.3) is 10.4 Å². The summed E-state index contributed by atoms with van der Waals surface area (Å²) >= 11 is 0. The summed E-state index contributed by atoms with van der Waals surface area (Å²) in [5.41, 5.74) is 8.83. The molecule has 11 nitrogen and oxygen atoms in total. The number of hydrogen-bond acceptors (Lipinski definition) is 7. The minimum absolute atomic E-state index is 0.0418. The second-order valence-electron chi connectivity index (χ2n) is 10.1. The smallest absolute Gasteiger partial charge is 0.414 e. The summed E-state index contributed by atoms with van der Waals surface area (Å²) in [6.07, 6.45) is -0.502. The lowest BCUT2D eigenvalue weighted by Gasteiger charge is -2.39. The molecule has 0 N–H and O–H groups in total. The Hall–Kier alpha value is -3.24. The molecule has 1 aromatic rings. The van der Waals surface area contributed by atoms with E-state index in [0.717, 1.165) is 19.5 Å². The Balaban J connectivity index is 1.31. The Kier molecular flexibility index (Phi) is 7.23. The van der Waals surface area contributed by atoms with Gasteiger partial charge < -0.3 is 19.3 Å². The zero-order valence-electron chi connectivity index (χ0n) is 20.4. The first-order valence-electron chi connectivity index (χ1n) is 11.9.